The van der Waals surface area contributed by atoms with Crippen LogP contribution in [0.4, 0.5) is 10.1 Å². The standard InChI is InChI=1S/C9H9FN6OS/c1-16-9(13-14-15-16)18-7-2-4(8(12)17)6(11)3-5(7)10/h2-3H,11H2,1H3,(H2,12,17). The molecule has 0 atom stereocenters. The van der Waals surface area contributed by atoms with Gasteiger partial charge >= 0.3 is 0 Å². The summed E-state index contributed by atoms with van der Waals surface area (Å²) >= 11 is 0.976. The van der Waals surface area contributed by atoms with Gasteiger partial charge in [-0.05, 0) is 34.3 Å². The minimum absolute atomic E-state index is 0.000408. The van der Waals surface area contributed by atoms with Crippen molar-refractivity contribution in [1.82, 2.24) is 20.2 Å². The minimum Gasteiger partial charge on any atom is -0.398 e. The Morgan fingerprint density at radius 3 is 2.78 bits per heavy atom. The SMILES string of the molecule is Cn1nnnc1Sc1cc(C(N)=O)c(N)cc1F. The molecule has 1 amide bonds. The van der Waals surface area contributed by atoms with Crippen molar-refractivity contribution in [1.29, 1.82) is 0 Å². The summed E-state index contributed by atoms with van der Waals surface area (Å²) in [7, 11) is 1.62. The molecule has 94 valence electrons. The molecule has 0 bridgehead atoms. The number of tetrazole rings is 1. The Kier molecular flexibility index (Phi) is 3.15. The fourth-order valence-corrected chi connectivity index (χ4v) is 2.04. The Labute approximate surface area is 105 Å². The number of aryl methyl sites for hydroxylation is 1. The van der Waals surface area contributed by atoms with E-state index in [1.807, 2.05) is 0 Å². The van der Waals surface area contributed by atoms with E-state index >= 15 is 0 Å². The fraction of sp³-hybridized carbons (Fsp3) is 0.111. The maximum absolute atomic E-state index is 13.7. The third-order valence-corrected chi connectivity index (χ3v) is 3.21. The first-order chi connectivity index (χ1) is 8.49. The van der Waals surface area contributed by atoms with Gasteiger partial charge in [0.2, 0.25) is 5.16 Å². The lowest BCUT2D eigenvalue weighted by molar-refractivity contribution is 0.100. The monoisotopic (exact) mass is 268 g/mol. The summed E-state index contributed by atoms with van der Waals surface area (Å²) in [5.74, 6) is -1.28. The Hall–Kier alpha value is -2.16. The van der Waals surface area contributed by atoms with E-state index in [9.17, 15) is 9.18 Å². The molecule has 1 aromatic carbocycles. The van der Waals surface area contributed by atoms with Crippen LogP contribution in [-0.2, 0) is 7.05 Å². The number of hydrogen-bond acceptors (Lipinski definition) is 6. The number of carbonyl (C=O) groups excluding carboxylic acids is 1. The predicted molar refractivity (Wildman–Crippen MR) is 62.3 cm³/mol. The molecule has 18 heavy (non-hydrogen) atoms. The van der Waals surface area contributed by atoms with Crippen molar-refractivity contribution in [2.75, 3.05) is 5.73 Å². The Bertz CT molecular complexity index is 613. The highest BCUT2D eigenvalue weighted by Crippen LogP contribution is 2.30. The van der Waals surface area contributed by atoms with Crippen LogP contribution in [0.5, 0.6) is 0 Å². The van der Waals surface area contributed by atoms with E-state index in [0.29, 0.717) is 5.16 Å². The summed E-state index contributed by atoms with van der Waals surface area (Å²) in [5.41, 5.74) is 10.7. The fourth-order valence-electron chi connectivity index (χ4n) is 1.27. The van der Waals surface area contributed by atoms with Crippen LogP contribution < -0.4 is 11.5 Å². The number of anilines is 1. The molecule has 4 N–H and O–H groups in total. The topological polar surface area (TPSA) is 113 Å². The van der Waals surface area contributed by atoms with Crippen LogP contribution in [0.2, 0.25) is 0 Å². The van der Waals surface area contributed by atoms with Crippen molar-refractivity contribution in [3.63, 3.8) is 0 Å². The number of benzene rings is 1. The van der Waals surface area contributed by atoms with Crippen molar-refractivity contribution in [2.24, 2.45) is 12.8 Å². The largest absolute Gasteiger partial charge is 0.398 e. The van der Waals surface area contributed by atoms with Gasteiger partial charge in [-0.2, -0.15) is 0 Å². The van der Waals surface area contributed by atoms with Crippen molar-refractivity contribution in [3.05, 3.63) is 23.5 Å². The van der Waals surface area contributed by atoms with Crippen LogP contribution in [-0.4, -0.2) is 26.1 Å². The van der Waals surface area contributed by atoms with Crippen molar-refractivity contribution < 1.29 is 9.18 Å². The average Bonchev–Trinajstić information content (AvgIpc) is 2.67. The molecule has 2 rings (SSSR count). The maximum Gasteiger partial charge on any atom is 0.250 e. The zero-order valence-corrected chi connectivity index (χ0v) is 10.1. The number of aromatic nitrogens is 4. The number of rotatable bonds is 3. The number of nitrogen functional groups attached to an aromatic ring is 1. The minimum atomic E-state index is -0.717. The lowest BCUT2D eigenvalue weighted by atomic mass is 10.1. The quantitative estimate of drug-likeness (QED) is 0.768. The summed E-state index contributed by atoms with van der Waals surface area (Å²) in [6, 6.07) is 2.33. The molecule has 0 spiro atoms. The van der Waals surface area contributed by atoms with Gasteiger partial charge in [0.25, 0.3) is 5.91 Å². The van der Waals surface area contributed by atoms with Crippen LogP contribution in [0.15, 0.2) is 22.2 Å². The van der Waals surface area contributed by atoms with Gasteiger partial charge in [-0.25, -0.2) is 9.07 Å². The van der Waals surface area contributed by atoms with Gasteiger partial charge in [0.05, 0.1) is 10.5 Å². The smallest absolute Gasteiger partial charge is 0.250 e. The molecule has 0 saturated heterocycles. The molecule has 0 aliphatic rings. The van der Waals surface area contributed by atoms with Gasteiger partial charge in [0.1, 0.15) is 5.82 Å². The molecule has 0 fully saturated rings. The molecule has 0 saturated carbocycles. The first-order valence-electron chi connectivity index (χ1n) is 4.78. The van der Waals surface area contributed by atoms with E-state index in [2.05, 4.69) is 15.5 Å². The number of hydrogen-bond donors (Lipinski definition) is 2. The molecular weight excluding hydrogens is 259 g/mol. The third kappa shape index (κ3) is 2.25. The van der Waals surface area contributed by atoms with E-state index < -0.39 is 11.7 Å². The Morgan fingerprint density at radius 1 is 1.50 bits per heavy atom. The summed E-state index contributed by atoms with van der Waals surface area (Å²) < 4.78 is 15.1. The summed E-state index contributed by atoms with van der Waals surface area (Å²) in [6.45, 7) is 0. The van der Waals surface area contributed by atoms with Gasteiger partial charge in [-0.15, -0.1) is 5.10 Å². The van der Waals surface area contributed by atoms with Gasteiger partial charge in [0.15, 0.2) is 0 Å². The highest BCUT2D eigenvalue weighted by molar-refractivity contribution is 7.99. The van der Waals surface area contributed by atoms with Crippen LogP contribution in [0, 0.1) is 5.82 Å². The summed E-state index contributed by atoms with van der Waals surface area (Å²) in [6.07, 6.45) is 0. The number of nitrogens with zero attached hydrogens (tertiary/aromatic N) is 4. The molecule has 1 heterocycles. The van der Waals surface area contributed by atoms with E-state index in [4.69, 9.17) is 11.5 Å². The summed E-state index contributed by atoms with van der Waals surface area (Å²) in [5, 5.41) is 11.1. The Morgan fingerprint density at radius 2 is 2.22 bits per heavy atom. The van der Waals surface area contributed by atoms with Crippen LogP contribution in [0.3, 0.4) is 0 Å². The van der Waals surface area contributed by atoms with E-state index in [1.54, 1.807) is 7.05 Å². The normalized spacial score (nSPS) is 10.6. The zero-order valence-electron chi connectivity index (χ0n) is 9.29. The first kappa shape index (κ1) is 12.3. The van der Waals surface area contributed by atoms with Gasteiger partial charge in [-0.3, -0.25) is 4.79 Å². The summed E-state index contributed by atoms with van der Waals surface area (Å²) in [4.78, 5) is 11.3. The number of carbonyl (C=O) groups is 1. The number of amides is 1. The second-order valence-corrected chi connectivity index (χ2v) is 4.43. The van der Waals surface area contributed by atoms with Crippen LogP contribution >= 0.6 is 11.8 Å². The molecule has 0 unspecified atom stereocenters. The number of halogens is 1. The van der Waals surface area contributed by atoms with Crippen molar-refractivity contribution in [2.45, 2.75) is 10.1 Å². The molecule has 0 aliphatic carbocycles. The molecular formula is C9H9FN6OS. The van der Waals surface area contributed by atoms with Gasteiger partial charge in [-0.1, -0.05) is 0 Å². The molecule has 0 aliphatic heterocycles. The molecule has 0 radical (unpaired) electrons. The Balaban J connectivity index is 2.42. The third-order valence-electron chi connectivity index (χ3n) is 2.15. The number of nitrogens with two attached hydrogens (primary N) is 2. The van der Waals surface area contributed by atoms with Gasteiger partial charge in [0, 0.05) is 12.7 Å². The lowest BCUT2D eigenvalue weighted by Gasteiger charge is -2.06. The zero-order chi connectivity index (χ0) is 13.3. The number of primary amides is 1. The van der Waals surface area contributed by atoms with E-state index in [-0.39, 0.29) is 16.1 Å². The second kappa shape index (κ2) is 4.61. The molecule has 2 aromatic rings. The van der Waals surface area contributed by atoms with Crippen molar-refractivity contribution >= 4 is 23.4 Å². The molecule has 1 aromatic heterocycles. The van der Waals surface area contributed by atoms with E-state index in [1.165, 1.54) is 10.7 Å². The van der Waals surface area contributed by atoms with E-state index in [0.717, 1.165) is 17.8 Å². The maximum atomic E-state index is 13.7. The highest BCUT2D eigenvalue weighted by Gasteiger charge is 2.15. The molecule has 7 nitrogen and oxygen atoms in total. The lowest BCUT2D eigenvalue weighted by Crippen LogP contribution is -2.14. The second-order valence-electron chi connectivity index (χ2n) is 3.42. The predicted octanol–water partition coefficient (Wildman–Crippen LogP) is 0.182. The first-order valence-corrected chi connectivity index (χ1v) is 5.59. The van der Waals surface area contributed by atoms with Crippen LogP contribution in [0.1, 0.15) is 10.4 Å². The van der Waals surface area contributed by atoms with Crippen LogP contribution in [0.25, 0.3) is 0 Å². The highest BCUT2D eigenvalue weighted by atomic mass is 32.2. The van der Waals surface area contributed by atoms with Gasteiger partial charge < -0.3 is 11.5 Å². The van der Waals surface area contributed by atoms with Crippen molar-refractivity contribution in [3.8, 4) is 0 Å². The molecule has 9 heteroatoms. The average molecular weight is 268 g/mol.